The molecule has 0 heterocycles. The van der Waals surface area contributed by atoms with Crippen molar-refractivity contribution in [2.24, 2.45) is 0 Å². The van der Waals surface area contributed by atoms with Crippen LogP contribution in [0.3, 0.4) is 0 Å². The predicted octanol–water partition coefficient (Wildman–Crippen LogP) is 5.93. The zero-order valence-electron chi connectivity index (χ0n) is 10.2. The second-order valence-corrected chi connectivity index (χ2v) is 5.75. The summed E-state index contributed by atoms with van der Waals surface area (Å²) in [4.78, 5) is 0. The highest BCUT2D eigenvalue weighted by Crippen LogP contribution is 2.36. The summed E-state index contributed by atoms with van der Waals surface area (Å²) in [6.07, 6.45) is 0. The fourth-order valence-electron chi connectivity index (χ4n) is 2.31. The van der Waals surface area contributed by atoms with Crippen LogP contribution in [-0.2, 0) is 0 Å². The monoisotopic (exact) mass is 330 g/mol. The van der Waals surface area contributed by atoms with Crippen LogP contribution in [0.1, 0.15) is 16.5 Å². The molecular weight excluding hydrogens is 320 g/mol. The highest BCUT2D eigenvalue weighted by Gasteiger charge is 2.14. The molecule has 3 rings (SSSR count). The van der Waals surface area contributed by atoms with E-state index in [1.54, 1.807) is 0 Å². The fraction of sp³-hybridized carbons (Fsp3) is 0.0588. The smallest absolute Gasteiger partial charge is 0.0841 e. The van der Waals surface area contributed by atoms with Gasteiger partial charge >= 0.3 is 0 Å². The summed E-state index contributed by atoms with van der Waals surface area (Å²) < 4.78 is 1.10. The van der Waals surface area contributed by atoms with Crippen LogP contribution >= 0.6 is 27.5 Å². The molecule has 94 valence electrons. The van der Waals surface area contributed by atoms with Crippen molar-refractivity contribution in [3.8, 4) is 0 Å². The van der Waals surface area contributed by atoms with Gasteiger partial charge in [-0.1, -0.05) is 76.6 Å². The molecule has 1 unspecified atom stereocenters. The molecule has 0 bridgehead atoms. The molecule has 0 aliphatic carbocycles. The maximum Gasteiger partial charge on any atom is 0.0841 e. The summed E-state index contributed by atoms with van der Waals surface area (Å²) in [5, 5.41) is 2.27. The Labute approximate surface area is 126 Å². The molecule has 1 atom stereocenters. The number of alkyl halides is 1. The van der Waals surface area contributed by atoms with E-state index in [-0.39, 0.29) is 5.38 Å². The Bertz CT molecular complexity index is 707. The van der Waals surface area contributed by atoms with E-state index in [0.29, 0.717) is 0 Å². The van der Waals surface area contributed by atoms with Crippen LogP contribution in [0.15, 0.2) is 71.2 Å². The lowest BCUT2D eigenvalue weighted by atomic mass is 9.98. The van der Waals surface area contributed by atoms with Crippen molar-refractivity contribution in [1.82, 2.24) is 0 Å². The molecule has 0 saturated heterocycles. The largest absolute Gasteiger partial charge is 0.113 e. The van der Waals surface area contributed by atoms with E-state index in [4.69, 9.17) is 11.6 Å². The minimum Gasteiger partial charge on any atom is -0.113 e. The number of rotatable bonds is 2. The second-order valence-electron chi connectivity index (χ2n) is 4.46. The number of benzene rings is 3. The average molecular weight is 332 g/mol. The maximum absolute atomic E-state index is 6.65. The third-order valence-corrected chi connectivity index (χ3v) is 4.45. The van der Waals surface area contributed by atoms with Crippen LogP contribution in [0.5, 0.6) is 0 Å². The van der Waals surface area contributed by atoms with Gasteiger partial charge in [-0.2, -0.15) is 0 Å². The summed E-state index contributed by atoms with van der Waals surface area (Å²) in [5.74, 6) is 0. The fourth-order valence-corrected chi connectivity index (χ4v) is 3.12. The molecule has 0 aliphatic heterocycles. The van der Waals surface area contributed by atoms with Crippen molar-refractivity contribution in [1.29, 1.82) is 0 Å². The lowest BCUT2D eigenvalue weighted by molar-refractivity contribution is 1.16. The van der Waals surface area contributed by atoms with Gasteiger partial charge in [-0.05, 0) is 28.0 Å². The van der Waals surface area contributed by atoms with Gasteiger partial charge in [0.2, 0.25) is 0 Å². The van der Waals surface area contributed by atoms with E-state index in [1.165, 1.54) is 10.8 Å². The van der Waals surface area contributed by atoms with E-state index < -0.39 is 0 Å². The average Bonchev–Trinajstić information content (AvgIpc) is 2.48. The predicted molar refractivity (Wildman–Crippen MR) is 85.8 cm³/mol. The number of fused-ring (bicyclic) bond motifs is 1. The first-order valence-electron chi connectivity index (χ1n) is 6.13. The van der Waals surface area contributed by atoms with Crippen LogP contribution in [0.25, 0.3) is 10.8 Å². The number of hydrogen-bond acceptors (Lipinski definition) is 0. The molecule has 0 radical (unpaired) electrons. The summed E-state index contributed by atoms with van der Waals surface area (Å²) in [6.45, 7) is 0. The third-order valence-electron chi connectivity index (χ3n) is 3.27. The highest BCUT2D eigenvalue weighted by molar-refractivity contribution is 9.10. The molecule has 3 aromatic carbocycles. The minimum absolute atomic E-state index is 0.126. The molecule has 0 spiro atoms. The summed E-state index contributed by atoms with van der Waals surface area (Å²) in [6, 6.07) is 22.7. The van der Waals surface area contributed by atoms with Crippen molar-refractivity contribution in [2.45, 2.75) is 5.38 Å². The van der Waals surface area contributed by atoms with Gasteiger partial charge in [-0.3, -0.25) is 0 Å². The SMILES string of the molecule is ClC(c1ccccc1)c1ccc(Br)c2ccccc12. The van der Waals surface area contributed by atoms with E-state index in [1.807, 2.05) is 30.3 Å². The third kappa shape index (κ3) is 2.41. The summed E-state index contributed by atoms with van der Waals surface area (Å²) in [5.41, 5.74) is 2.27. The molecule has 3 aromatic rings. The Balaban J connectivity index is 2.18. The first kappa shape index (κ1) is 12.7. The normalized spacial score (nSPS) is 12.5. The topological polar surface area (TPSA) is 0 Å². The maximum atomic E-state index is 6.65. The highest BCUT2D eigenvalue weighted by atomic mass is 79.9. The van der Waals surface area contributed by atoms with Crippen LogP contribution in [-0.4, -0.2) is 0 Å². The Morgan fingerprint density at radius 2 is 1.37 bits per heavy atom. The van der Waals surface area contributed by atoms with Crippen molar-refractivity contribution >= 4 is 38.3 Å². The van der Waals surface area contributed by atoms with Crippen LogP contribution < -0.4 is 0 Å². The first-order chi connectivity index (χ1) is 9.27. The van der Waals surface area contributed by atoms with E-state index in [2.05, 4.69) is 52.3 Å². The Morgan fingerprint density at radius 1 is 0.737 bits per heavy atom. The first-order valence-corrected chi connectivity index (χ1v) is 7.36. The van der Waals surface area contributed by atoms with Crippen LogP contribution in [0, 0.1) is 0 Å². The molecule has 0 fully saturated rings. The van der Waals surface area contributed by atoms with Gasteiger partial charge < -0.3 is 0 Å². The molecule has 0 aliphatic rings. The molecular formula is C17H12BrCl. The molecule has 0 amide bonds. The van der Waals surface area contributed by atoms with Gasteiger partial charge in [0.25, 0.3) is 0 Å². The van der Waals surface area contributed by atoms with Gasteiger partial charge in [-0.25, -0.2) is 0 Å². The minimum atomic E-state index is -0.126. The van der Waals surface area contributed by atoms with Crippen molar-refractivity contribution in [3.63, 3.8) is 0 Å². The molecule has 0 aromatic heterocycles. The number of hydrogen-bond donors (Lipinski definition) is 0. The van der Waals surface area contributed by atoms with Gasteiger partial charge in [0.15, 0.2) is 0 Å². The van der Waals surface area contributed by atoms with Crippen LogP contribution in [0.2, 0.25) is 0 Å². The lowest BCUT2D eigenvalue weighted by Gasteiger charge is -2.14. The van der Waals surface area contributed by atoms with Crippen molar-refractivity contribution < 1.29 is 0 Å². The zero-order valence-corrected chi connectivity index (χ0v) is 12.5. The van der Waals surface area contributed by atoms with Gasteiger partial charge in [-0.15, -0.1) is 11.6 Å². The lowest BCUT2D eigenvalue weighted by Crippen LogP contribution is -1.94. The van der Waals surface area contributed by atoms with E-state index in [9.17, 15) is 0 Å². The molecule has 0 saturated carbocycles. The molecule has 0 N–H and O–H groups in total. The van der Waals surface area contributed by atoms with Gasteiger partial charge in [0, 0.05) is 4.47 Å². The molecule has 19 heavy (non-hydrogen) atoms. The van der Waals surface area contributed by atoms with Gasteiger partial charge in [0.1, 0.15) is 0 Å². The summed E-state index contributed by atoms with van der Waals surface area (Å²) >= 11 is 10.2. The Morgan fingerprint density at radius 3 is 2.11 bits per heavy atom. The van der Waals surface area contributed by atoms with Crippen molar-refractivity contribution in [3.05, 3.63) is 82.3 Å². The summed E-state index contributed by atoms with van der Waals surface area (Å²) in [7, 11) is 0. The Hall–Kier alpha value is -1.31. The van der Waals surface area contributed by atoms with Gasteiger partial charge in [0.05, 0.1) is 5.38 Å². The quantitative estimate of drug-likeness (QED) is 0.510. The second kappa shape index (κ2) is 5.36. The number of halogens is 2. The van der Waals surface area contributed by atoms with E-state index in [0.717, 1.165) is 15.6 Å². The van der Waals surface area contributed by atoms with Crippen molar-refractivity contribution in [2.75, 3.05) is 0 Å². The standard InChI is InChI=1S/C17H12BrCl/c18-16-11-10-15(13-8-4-5-9-14(13)16)17(19)12-6-2-1-3-7-12/h1-11,17H. The molecule has 0 nitrogen and oxygen atoms in total. The molecule has 2 heteroatoms. The zero-order chi connectivity index (χ0) is 13.2. The van der Waals surface area contributed by atoms with Crippen LogP contribution in [0.4, 0.5) is 0 Å². The van der Waals surface area contributed by atoms with E-state index >= 15 is 0 Å². The Kier molecular flexibility index (Phi) is 3.58.